The van der Waals surface area contributed by atoms with Crippen molar-refractivity contribution in [1.29, 1.82) is 0 Å². The van der Waals surface area contributed by atoms with Gasteiger partial charge in [-0.15, -0.1) is 0 Å². The van der Waals surface area contributed by atoms with Crippen LogP contribution in [0.5, 0.6) is 0 Å². The van der Waals surface area contributed by atoms with Gasteiger partial charge < -0.3 is 10.4 Å². The topological polar surface area (TPSA) is 109 Å². The van der Waals surface area contributed by atoms with E-state index in [0.29, 0.717) is 10.6 Å². The van der Waals surface area contributed by atoms with E-state index >= 15 is 0 Å². The molecule has 0 aliphatic rings. The van der Waals surface area contributed by atoms with Crippen LogP contribution < -0.4 is 10.5 Å². The van der Waals surface area contributed by atoms with Gasteiger partial charge in [0, 0.05) is 5.02 Å². The summed E-state index contributed by atoms with van der Waals surface area (Å²) in [4.78, 5) is 10.7. The highest BCUT2D eigenvalue weighted by Gasteiger charge is 2.16. The number of carboxylic acid groups (broad SMARTS) is 1. The highest BCUT2D eigenvalue weighted by atomic mass is 35.5. The molecule has 0 aromatic heterocycles. The van der Waals surface area contributed by atoms with Crippen LogP contribution in [0.2, 0.25) is 5.02 Å². The number of rotatable bonds is 5. The van der Waals surface area contributed by atoms with Crippen molar-refractivity contribution in [2.24, 2.45) is 5.14 Å². The van der Waals surface area contributed by atoms with Crippen molar-refractivity contribution in [3.63, 3.8) is 0 Å². The first-order chi connectivity index (χ1) is 8.28. The number of sulfonamides is 1. The van der Waals surface area contributed by atoms with E-state index in [2.05, 4.69) is 5.32 Å². The summed E-state index contributed by atoms with van der Waals surface area (Å²) >= 11 is 5.72. The molecule has 0 fully saturated rings. The Morgan fingerprint density at radius 2 is 1.94 bits per heavy atom. The first kappa shape index (κ1) is 14.7. The molecule has 6 nitrogen and oxygen atoms in total. The Labute approximate surface area is 110 Å². The molecule has 0 aliphatic carbocycles. The lowest BCUT2D eigenvalue weighted by Gasteiger charge is -2.16. The van der Waals surface area contributed by atoms with Crippen LogP contribution in [0.3, 0.4) is 0 Å². The third-order valence-corrected chi connectivity index (χ3v) is 3.32. The quantitative estimate of drug-likeness (QED) is 0.760. The predicted molar refractivity (Wildman–Crippen MR) is 67.9 cm³/mol. The van der Waals surface area contributed by atoms with Gasteiger partial charge in [-0.3, -0.25) is 0 Å². The van der Waals surface area contributed by atoms with Crippen molar-refractivity contribution in [1.82, 2.24) is 5.32 Å². The Hall–Kier alpha value is -1.31. The molecule has 0 saturated carbocycles. The summed E-state index contributed by atoms with van der Waals surface area (Å²) in [6.07, 6.45) is -1.17. The van der Waals surface area contributed by atoms with Gasteiger partial charge in [0.2, 0.25) is 10.0 Å². The zero-order chi connectivity index (χ0) is 13.8. The van der Waals surface area contributed by atoms with Crippen LogP contribution in [-0.2, 0) is 10.0 Å². The maximum Gasteiger partial charge on any atom is 0.405 e. The molecular weight excluding hydrogens is 280 g/mol. The van der Waals surface area contributed by atoms with Gasteiger partial charge >= 0.3 is 6.09 Å². The molecule has 8 heteroatoms. The Bertz CT molecular complexity index is 515. The fraction of sp³-hybridized carbons (Fsp3) is 0.300. The molecule has 0 aliphatic heterocycles. The lowest BCUT2D eigenvalue weighted by atomic mass is 10.1. The maximum absolute atomic E-state index is 10.9. The van der Waals surface area contributed by atoms with E-state index in [4.69, 9.17) is 21.8 Å². The summed E-state index contributed by atoms with van der Waals surface area (Å²) in [6, 6.07) is 5.82. The second-order valence-electron chi connectivity index (χ2n) is 3.71. The highest BCUT2D eigenvalue weighted by molar-refractivity contribution is 7.89. The van der Waals surface area contributed by atoms with Crippen molar-refractivity contribution in [2.75, 3.05) is 5.75 Å². The molecule has 1 amide bonds. The molecule has 1 aromatic rings. The monoisotopic (exact) mass is 292 g/mol. The molecule has 4 N–H and O–H groups in total. The molecule has 1 aromatic carbocycles. The van der Waals surface area contributed by atoms with E-state index in [1.807, 2.05) is 0 Å². The Kier molecular flexibility index (Phi) is 4.94. The molecule has 1 unspecified atom stereocenters. The van der Waals surface area contributed by atoms with Gasteiger partial charge in [0.05, 0.1) is 11.8 Å². The Balaban J connectivity index is 2.84. The highest BCUT2D eigenvalue weighted by Crippen LogP contribution is 2.19. The number of hydrogen-bond donors (Lipinski definition) is 3. The van der Waals surface area contributed by atoms with Crippen molar-refractivity contribution >= 4 is 27.7 Å². The molecule has 0 heterocycles. The molecule has 100 valence electrons. The predicted octanol–water partition coefficient (Wildman–Crippen LogP) is 1.33. The minimum atomic E-state index is -3.63. The van der Waals surface area contributed by atoms with Crippen LogP contribution in [0, 0.1) is 0 Å². The number of nitrogens with two attached hydrogens (primary N) is 1. The average Bonchev–Trinajstić information content (AvgIpc) is 2.24. The summed E-state index contributed by atoms with van der Waals surface area (Å²) in [5.74, 6) is -0.305. The van der Waals surface area contributed by atoms with Gasteiger partial charge in [0.25, 0.3) is 0 Å². The van der Waals surface area contributed by atoms with E-state index in [1.54, 1.807) is 24.3 Å². The molecule has 1 atom stereocenters. The molecule has 1 rings (SSSR count). The number of hydrogen-bond acceptors (Lipinski definition) is 3. The maximum atomic E-state index is 10.9. The summed E-state index contributed by atoms with van der Waals surface area (Å²) in [5, 5.41) is 16.4. The molecule has 0 spiro atoms. The van der Waals surface area contributed by atoms with Crippen LogP contribution >= 0.6 is 11.6 Å². The van der Waals surface area contributed by atoms with Crippen LogP contribution in [0.1, 0.15) is 18.0 Å². The van der Waals surface area contributed by atoms with Crippen molar-refractivity contribution in [3.05, 3.63) is 34.9 Å². The Morgan fingerprint density at radius 3 is 2.39 bits per heavy atom. The van der Waals surface area contributed by atoms with Gasteiger partial charge in [-0.2, -0.15) is 0 Å². The number of primary sulfonamides is 1. The molecule has 0 radical (unpaired) electrons. The lowest BCUT2D eigenvalue weighted by Crippen LogP contribution is -2.29. The normalized spacial score (nSPS) is 13.0. The van der Waals surface area contributed by atoms with Gasteiger partial charge in [0.1, 0.15) is 0 Å². The SMILES string of the molecule is NS(=O)(=O)CCC(NC(=O)O)c1ccc(Cl)cc1. The first-order valence-electron chi connectivity index (χ1n) is 5.03. The smallest absolute Gasteiger partial charge is 0.405 e. The average molecular weight is 293 g/mol. The second kappa shape index (κ2) is 6.03. The standard InChI is InChI=1S/C10H13ClN2O4S/c11-8-3-1-7(2-4-8)9(13-10(14)15)5-6-18(12,16)17/h1-4,9,13H,5-6H2,(H,14,15)(H2,12,16,17). The van der Waals surface area contributed by atoms with Crippen molar-refractivity contribution in [2.45, 2.75) is 12.5 Å². The summed E-state index contributed by atoms with van der Waals surface area (Å²) in [6.45, 7) is 0. The lowest BCUT2D eigenvalue weighted by molar-refractivity contribution is 0.189. The summed E-state index contributed by atoms with van der Waals surface area (Å²) in [7, 11) is -3.63. The zero-order valence-electron chi connectivity index (χ0n) is 9.34. The fourth-order valence-corrected chi connectivity index (χ4v) is 2.14. The van der Waals surface area contributed by atoms with E-state index in [0.717, 1.165) is 0 Å². The third kappa shape index (κ3) is 5.35. The Morgan fingerprint density at radius 1 is 1.39 bits per heavy atom. The number of benzene rings is 1. The number of amides is 1. The minimum absolute atomic E-state index is 0.0623. The largest absolute Gasteiger partial charge is 0.465 e. The van der Waals surface area contributed by atoms with Crippen molar-refractivity contribution < 1.29 is 18.3 Å². The molecule has 0 saturated heterocycles. The molecule has 0 bridgehead atoms. The second-order valence-corrected chi connectivity index (χ2v) is 5.88. The molecular formula is C10H13ClN2O4S. The first-order valence-corrected chi connectivity index (χ1v) is 7.12. The summed E-state index contributed by atoms with van der Waals surface area (Å²) < 4.78 is 21.8. The third-order valence-electron chi connectivity index (χ3n) is 2.26. The van der Waals surface area contributed by atoms with E-state index in [1.165, 1.54) is 0 Å². The van der Waals surface area contributed by atoms with Crippen LogP contribution in [-0.4, -0.2) is 25.4 Å². The van der Waals surface area contributed by atoms with Crippen LogP contribution in [0.25, 0.3) is 0 Å². The molecule has 18 heavy (non-hydrogen) atoms. The van der Waals surface area contributed by atoms with Crippen LogP contribution in [0.15, 0.2) is 24.3 Å². The van der Waals surface area contributed by atoms with E-state index in [9.17, 15) is 13.2 Å². The van der Waals surface area contributed by atoms with Gasteiger partial charge in [-0.05, 0) is 24.1 Å². The van der Waals surface area contributed by atoms with Gasteiger partial charge in [-0.25, -0.2) is 18.4 Å². The fourth-order valence-electron chi connectivity index (χ4n) is 1.45. The van der Waals surface area contributed by atoms with Gasteiger partial charge in [-0.1, -0.05) is 23.7 Å². The zero-order valence-corrected chi connectivity index (χ0v) is 10.9. The van der Waals surface area contributed by atoms with Crippen LogP contribution in [0.4, 0.5) is 4.79 Å². The van der Waals surface area contributed by atoms with E-state index in [-0.39, 0.29) is 12.2 Å². The van der Waals surface area contributed by atoms with Gasteiger partial charge in [0.15, 0.2) is 0 Å². The van der Waals surface area contributed by atoms with Crippen molar-refractivity contribution in [3.8, 4) is 0 Å². The minimum Gasteiger partial charge on any atom is -0.465 e. The number of nitrogens with one attached hydrogen (secondary N) is 1. The number of halogens is 1. The summed E-state index contributed by atoms with van der Waals surface area (Å²) in [5.41, 5.74) is 0.630. The van der Waals surface area contributed by atoms with E-state index < -0.39 is 22.2 Å². The number of carbonyl (C=O) groups is 1.